The number of benzene rings is 1. The summed E-state index contributed by atoms with van der Waals surface area (Å²) in [5.41, 5.74) is 2.71. The molecule has 0 bridgehead atoms. The van der Waals surface area contributed by atoms with Crippen molar-refractivity contribution in [2.75, 3.05) is 13.7 Å². The Bertz CT molecular complexity index is 518. The molecule has 0 radical (unpaired) electrons. The monoisotopic (exact) mass is 289 g/mol. The van der Waals surface area contributed by atoms with Crippen molar-refractivity contribution < 1.29 is 4.74 Å². The number of ether oxygens (including phenoxy) is 1. The number of aryl methyl sites for hydroxylation is 1. The Kier molecular flexibility index (Phi) is 5.62. The van der Waals surface area contributed by atoms with Crippen LogP contribution in [0.2, 0.25) is 0 Å². The fourth-order valence-electron chi connectivity index (χ4n) is 2.42. The smallest absolute Gasteiger partial charge is 0.134 e. The van der Waals surface area contributed by atoms with E-state index < -0.39 is 0 Å². The van der Waals surface area contributed by atoms with Gasteiger partial charge in [0, 0.05) is 0 Å². The highest BCUT2D eigenvalue weighted by Gasteiger charge is 2.18. The number of nitrogens with one attached hydrogen (secondary N) is 1. The molecule has 3 heteroatoms. The van der Waals surface area contributed by atoms with Crippen LogP contribution in [0, 0.1) is 0 Å². The van der Waals surface area contributed by atoms with Crippen LogP contribution in [0.5, 0.6) is 5.75 Å². The van der Waals surface area contributed by atoms with Gasteiger partial charge in [-0.25, -0.2) is 0 Å². The lowest BCUT2D eigenvalue weighted by Gasteiger charge is -2.19. The van der Waals surface area contributed by atoms with Gasteiger partial charge in [-0.3, -0.25) is 0 Å². The number of hydrogen-bond acceptors (Lipinski definition) is 3. The van der Waals surface area contributed by atoms with Crippen molar-refractivity contribution in [1.29, 1.82) is 0 Å². The summed E-state index contributed by atoms with van der Waals surface area (Å²) in [6.45, 7) is 5.28. The van der Waals surface area contributed by atoms with Gasteiger partial charge in [-0.15, -0.1) is 11.3 Å². The van der Waals surface area contributed by atoms with Crippen molar-refractivity contribution in [1.82, 2.24) is 5.32 Å². The van der Waals surface area contributed by atoms with E-state index in [4.69, 9.17) is 4.74 Å². The quantitative estimate of drug-likeness (QED) is 0.815. The zero-order valence-corrected chi connectivity index (χ0v) is 13.3. The Morgan fingerprint density at radius 2 is 1.90 bits per heavy atom. The van der Waals surface area contributed by atoms with Gasteiger partial charge in [0.2, 0.25) is 0 Å². The van der Waals surface area contributed by atoms with Gasteiger partial charge in [-0.2, -0.15) is 0 Å². The summed E-state index contributed by atoms with van der Waals surface area (Å²) in [4.78, 5) is 1.25. The fraction of sp³-hybridized carbons (Fsp3) is 0.412. The predicted octanol–water partition coefficient (Wildman–Crippen LogP) is 4.41. The molecule has 0 saturated carbocycles. The first-order valence-corrected chi connectivity index (χ1v) is 8.11. The van der Waals surface area contributed by atoms with Gasteiger partial charge in [0.1, 0.15) is 5.75 Å². The molecule has 1 atom stereocenters. The Hall–Kier alpha value is -1.32. The maximum atomic E-state index is 5.47. The minimum atomic E-state index is 0.214. The molecule has 0 amide bonds. The Morgan fingerprint density at radius 1 is 1.15 bits per heavy atom. The molecular weight excluding hydrogens is 266 g/mol. The molecule has 1 aromatic carbocycles. The van der Waals surface area contributed by atoms with Gasteiger partial charge in [-0.05, 0) is 35.5 Å². The van der Waals surface area contributed by atoms with E-state index in [0.717, 1.165) is 18.7 Å². The summed E-state index contributed by atoms with van der Waals surface area (Å²) in [5.74, 6) is 0.971. The van der Waals surface area contributed by atoms with Crippen LogP contribution in [0.25, 0.3) is 0 Å². The molecule has 0 aliphatic heterocycles. The highest BCUT2D eigenvalue weighted by molar-refractivity contribution is 7.10. The summed E-state index contributed by atoms with van der Waals surface area (Å²) in [5, 5.41) is 5.65. The second-order valence-electron chi connectivity index (χ2n) is 4.84. The first-order chi connectivity index (χ1) is 9.80. The van der Waals surface area contributed by atoms with E-state index in [2.05, 4.69) is 48.8 Å². The van der Waals surface area contributed by atoms with Crippen LogP contribution in [0.3, 0.4) is 0 Å². The number of hydrogen-bond donors (Lipinski definition) is 1. The zero-order chi connectivity index (χ0) is 14.4. The Balaban J connectivity index is 2.28. The third-order valence-corrected chi connectivity index (χ3v) is 4.36. The van der Waals surface area contributed by atoms with E-state index in [1.165, 1.54) is 22.4 Å². The molecule has 20 heavy (non-hydrogen) atoms. The van der Waals surface area contributed by atoms with Crippen molar-refractivity contribution in [2.24, 2.45) is 0 Å². The molecule has 0 fully saturated rings. The molecule has 2 rings (SSSR count). The predicted molar refractivity (Wildman–Crippen MR) is 86.8 cm³/mol. The molecule has 2 nitrogen and oxygen atoms in total. The van der Waals surface area contributed by atoms with E-state index in [0.29, 0.717) is 0 Å². The van der Waals surface area contributed by atoms with E-state index in [-0.39, 0.29) is 6.04 Å². The minimum Gasteiger partial charge on any atom is -0.496 e. The molecule has 1 aromatic heterocycles. The third kappa shape index (κ3) is 3.41. The van der Waals surface area contributed by atoms with Gasteiger partial charge in [-0.1, -0.05) is 44.5 Å². The van der Waals surface area contributed by atoms with Crippen LogP contribution in [0.15, 0.2) is 35.7 Å². The van der Waals surface area contributed by atoms with Gasteiger partial charge in [0.05, 0.1) is 18.0 Å². The molecule has 1 unspecified atom stereocenters. The van der Waals surface area contributed by atoms with Crippen molar-refractivity contribution in [3.63, 3.8) is 0 Å². The largest absolute Gasteiger partial charge is 0.496 e. The molecule has 0 aliphatic rings. The highest BCUT2D eigenvalue weighted by Crippen LogP contribution is 2.34. The molecule has 1 heterocycles. The molecule has 0 saturated heterocycles. The first-order valence-electron chi connectivity index (χ1n) is 7.23. The summed E-state index contributed by atoms with van der Waals surface area (Å²) >= 11 is 1.74. The van der Waals surface area contributed by atoms with Gasteiger partial charge in [0.15, 0.2) is 0 Å². The normalized spacial score (nSPS) is 12.3. The van der Waals surface area contributed by atoms with E-state index in [9.17, 15) is 0 Å². The van der Waals surface area contributed by atoms with Crippen molar-refractivity contribution >= 4 is 11.3 Å². The lowest BCUT2D eigenvalue weighted by Crippen LogP contribution is -2.21. The number of rotatable bonds is 7. The maximum absolute atomic E-state index is 5.47. The SMILES string of the molecule is CCCc1ccc(C(NCC)c2sccc2OC)cc1. The standard InChI is InChI=1S/C17H23NOS/c1-4-6-13-7-9-14(10-8-13)16(18-5-2)17-15(19-3)11-12-20-17/h7-12,16,18H,4-6H2,1-3H3. The second-order valence-corrected chi connectivity index (χ2v) is 5.78. The average Bonchev–Trinajstić information content (AvgIpc) is 2.94. The van der Waals surface area contributed by atoms with E-state index in [1.54, 1.807) is 18.4 Å². The van der Waals surface area contributed by atoms with Crippen LogP contribution < -0.4 is 10.1 Å². The summed E-state index contributed by atoms with van der Waals surface area (Å²) < 4.78 is 5.47. The number of methoxy groups -OCH3 is 1. The van der Waals surface area contributed by atoms with E-state index in [1.807, 2.05) is 6.07 Å². The van der Waals surface area contributed by atoms with Crippen LogP contribution >= 0.6 is 11.3 Å². The minimum absolute atomic E-state index is 0.214. The van der Waals surface area contributed by atoms with Crippen LogP contribution in [-0.4, -0.2) is 13.7 Å². The lowest BCUT2D eigenvalue weighted by atomic mass is 10.0. The first kappa shape index (κ1) is 15.1. The number of thiophene rings is 1. The topological polar surface area (TPSA) is 21.3 Å². The summed E-state index contributed by atoms with van der Waals surface area (Å²) in [6, 6.07) is 11.2. The second kappa shape index (κ2) is 7.46. The Morgan fingerprint density at radius 3 is 2.50 bits per heavy atom. The van der Waals surface area contributed by atoms with Crippen molar-refractivity contribution in [3.8, 4) is 5.75 Å². The molecule has 0 aliphatic carbocycles. The Labute approximate surface area is 125 Å². The van der Waals surface area contributed by atoms with Gasteiger partial charge in [0.25, 0.3) is 0 Å². The molecule has 0 spiro atoms. The highest BCUT2D eigenvalue weighted by atomic mass is 32.1. The molecule has 108 valence electrons. The summed E-state index contributed by atoms with van der Waals surface area (Å²) in [6.07, 6.45) is 2.34. The van der Waals surface area contributed by atoms with Crippen LogP contribution in [0.4, 0.5) is 0 Å². The molecular formula is C17H23NOS. The van der Waals surface area contributed by atoms with Gasteiger partial charge >= 0.3 is 0 Å². The van der Waals surface area contributed by atoms with Crippen molar-refractivity contribution in [3.05, 3.63) is 51.7 Å². The van der Waals surface area contributed by atoms with Crippen LogP contribution in [0.1, 0.15) is 42.3 Å². The van der Waals surface area contributed by atoms with Crippen molar-refractivity contribution in [2.45, 2.75) is 32.7 Å². The third-order valence-electron chi connectivity index (χ3n) is 3.40. The fourth-order valence-corrected chi connectivity index (χ4v) is 3.38. The maximum Gasteiger partial charge on any atom is 0.134 e. The lowest BCUT2D eigenvalue weighted by molar-refractivity contribution is 0.408. The zero-order valence-electron chi connectivity index (χ0n) is 12.5. The summed E-state index contributed by atoms with van der Waals surface area (Å²) in [7, 11) is 1.74. The molecule has 1 N–H and O–H groups in total. The average molecular weight is 289 g/mol. The van der Waals surface area contributed by atoms with E-state index >= 15 is 0 Å². The molecule has 2 aromatic rings. The van der Waals surface area contributed by atoms with Crippen LogP contribution in [-0.2, 0) is 6.42 Å². The van der Waals surface area contributed by atoms with Gasteiger partial charge < -0.3 is 10.1 Å².